The summed E-state index contributed by atoms with van der Waals surface area (Å²) in [5.74, 6) is 0.783. The maximum atomic E-state index is 13.6. The number of ether oxygens (including phenoxy) is 1. The van der Waals surface area contributed by atoms with E-state index in [0.717, 1.165) is 12.8 Å². The van der Waals surface area contributed by atoms with Gasteiger partial charge in [0.2, 0.25) is 0 Å². The molecule has 2 aromatic rings. The second kappa shape index (κ2) is 8.80. The van der Waals surface area contributed by atoms with Gasteiger partial charge in [-0.3, -0.25) is 4.79 Å². The molecule has 0 bridgehead atoms. The van der Waals surface area contributed by atoms with E-state index in [9.17, 15) is 18.0 Å². The standard InChI is InChI=1S/C22H27F3N4O2/c1-13-11-20-26-18(12-19(21(24)25)29(20)27-13)15-7-9-28(10-8-15)22(30)14(2)31-17-5-3-16(23)4-6-17/h3-6,11,14-15,18-19,21,26H,7-10,12H2,1-2H3/t14?,18-,19+/m0/s1. The molecule has 2 aliphatic heterocycles. The zero-order chi connectivity index (χ0) is 22.1. The van der Waals surface area contributed by atoms with E-state index in [1.165, 1.54) is 28.9 Å². The Bertz CT molecular complexity index is 910. The average molecular weight is 436 g/mol. The number of carbonyl (C=O) groups is 1. The van der Waals surface area contributed by atoms with E-state index in [4.69, 9.17) is 4.74 Å². The minimum atomic E-state index is -2.48. The number of hydrogen-bond donors (Lipinski definition) is 1. The van der Waals surface area contributed by atoms with E-state index in [-0.39, 0.29) is 23.7 Å². The maximum absolute atomic E-state index is 13.6. The molecule has 1 unspecified atom stereocenters. The minimum Gasteiger partial charge on any atom is -0.481 e. The third kappa shape index (κ3) is 4.65. The molecule has 0 saturated carbocycles. The van der Waals surface area contributed by atoms with E-state index in [1.54, 1.807) is 24.8 Å². The smallest absolute Gasteiger partial charge is 0.263 e. The van der Waals surface area contributed by atoms with Gasteiger partial charge in [0.15, 0.2) is 6.10 Å². The first-order valence-corrected chi connectivity index (χ1v) is 10.6. The largest absolute Gasteiger partial charge is 0.481 e. The van der Waals surface area contributed by atoms with Gasteiger partial charge in [-0.1, -0.05) is 0 Å². The van der Waals surface area contributed by atoms with Crippen LogP contribution in [-0.4, -0.2) is 52.2 Å². The van der Waals surface area contributed by atoms with Crippen molar-refractivity contribution in [2.75, 3.05) is 18.4 Å². The molecule has 0 aliphatic carbocycles. The lowest BCUT2D eigenvalue weighted by molar-refractivity contribution is -0.139. The van der Waals surface area contributed by atoms with Crippen LogP contribution in [0.2, 0.25) is 0 Å². The molecule has 4 rings (SSSR count). The van der Waals surface area contributed by atoms with Gasteiger partial charge in [0.05, 0.1) is 5.69 Å². The first kappa shape index (κ1) is 21.5. The normalized spacial score (nSPS) is 22.7. The van der Waals surface area contributed by atoms with Crippen molar-refractivity contribution < 1.29 is 22.7 Å². The molecular weight excluding hydrogens is 409 g/mol. The fraction of sp³-hybridized carbons (Fsp3) is 0.545. The summed E-state index contributed by atoms with van der Waals surface area (Å²) in [7, 11) is 0. The van der Waals surface area contributed by atoms with Crippen LogP contribution in [0.15, 0.2) is 30.3 Å². The number of hydrogen-bond acceptors (Lipinski definition) is 4. The molecule has 1 N–H and O–H groups in total. The number of alkyl halides is 2. The SMILES string of the molecule is Cc1cc2n(n1)[C@@H](C(F)F)C[C@@H](C1CCN(C(=O)C(C)Oc3ccc(F)cc3)CC1)N2. The second-order valence-corrected chi connectivity index (χ2v) is 8.38. The van der Waals surface area contributed by atoms with Gasteiger partial charge in [0.25, 0.3) is 12.3 Å². The van der Waals surface area contributed by atoms with Crippen LogP contribution >= 0.6 is 0 Å². The third-order valence-corrected chi connectivity index (χ3v) is 6.19. The van der Waals surface area contributed by atoms with Gasteiger partial charge < -0.3 is 15.0 Å². The number of likely N-dealkylation sites (tertiary alicyclic amines) is 1. The maximum Gasteiger partial charge on any atom is 0.263 e. The molecule has 1 amide bonds. The number of benzene rings is 1. The Morgan fingerprint density at radius 3 is 2.55 bits per heavy atom. The lowest BCUT2D eigenvalue weighted by Gasteiger charge is -2.40. The molecule has 1 aromatic heterocycles. The zero-order valence-electron chi connectivity index (χ0n) is 17.6. The van der Waals surface area contributed by atoms with Crippen molar-refractivity contribution in [3.63, 3.8) is 0 Å². The lowest BCUT2D eigenvalue weighted by Crippen LogP contribution is -2.48. The van der Waals surface area contributed by atoms with Gasteiger partial charge in [-0.25, -0.2) is 17.9 Å². The fourth-order valence-corrected chi connectivity index (χ4v) is 4.55. The summed E-state index contributed by atoms with van der Waals surface area (Å²) in [5, 5.41) is 7.60. The average Bonchev–Trinajstić information content (AvgIpc) is 3.14. The van der Waals surface area contributed by atoms with Crippen molar-refractivity contribution >= 4 is 11.7 Å². The Hall–Kier alpha value is -2.71. The quantitative estimate of drug-likeness (QED) is 0.769. The molecule has 1 fully saturated rings. The van der Waals surface area contributed by atoms with Gasteiger partial charge in [0.1, 0.15) is 23.4 Å². The third-order valence-electron chi connectivity index (χ3n) is 6.19. The highest BCUT2D eigenvalue weighted by Crippen LogP contribution is 2.37. The highest BCUT2D eigenvalue weighted by atomic mass is 19.3. The molecular formula is C22H27F3N4O2. The van der Waals surface area contributed by atoms with Crippen molar-refractivity contribution in [3.05, 3.63) is 41.8 Å². The predicted molar refractivity (Wildman–Crippen MR) is 110 cm³/mol. The molecule has 1 saturated heterocycles. The zero-order valence-corrected chi connectivity index (χ0v) is 17.6. The van der Waals surface area contributed by atoms with Crippen LogP contribution in [0.3, 0.4) is 0 Å². The molecule has 0 spiro atoms. The van der Waals surface area contributed by atoms with Gasteiger partial charge in [-0.15, -0.1) is 0 Å². The Morgan fingerprint density at radius 1 is 1.23 bits per heavy atom. The number of anilines is 1. The fourth-order valence-electron chi connectivity index (χ4n) is 4.55. The summed E-state index contributed by atoms with van der Waals surface area (Å²) >= 11 is 0. The van der Waals surface area contributed by atoms with Crippen LogP contribution in [0.5, 0.6) is 5.75 Å². The number of halogens is 3. The Kier molecular flexibility index (Phi) is 6.11. The Balaban J connectivity index is 1.34. The topological polar surface area (TPSA) is 59.4 Å². The number of fused-ring (bicyclic) bond motifs is 1. The van der Waals surface area contributed by atoms with Crippen molar-refractivity contribution in [2.45, 2.75) is 57.7 Å². The molecule has 31 heavy (non-hydrogen) atoms. The van der Waals surface area contributed by atoms with E-state index >= 15 is 0 Å². The number of rotatable bonds is 5. The summed E-state index contributed by atoms with van der Waals surface area (Å²) in [6, 6.07) is 6.35. The van der Waals surface area contributed by atoms with Crippen LogP contribution in [0, 0.1) is 18.7 Å². The highest BCUT2D eigenvalue weighted by molar-refractivity contribution is 5.81. The van der Waals surface area contributed by atoms with Crippen LogP contribution in [0.25, 0.3) is 0 Å². The Labute approximate surface area is 179 Å². The number of nitrogens with zero attached hydrogens (tertiary/aromatic N) is 3. The second-order valence-electron chi connectivity index (χ2n) is 8.38. The predicted octanol–water partition coefficient (Wildman–Crippen LogP) is 4.03. The summed E-state index contributed by atoms with van der Waals surface area (Å²) in [6.07, 6.45) is -1.39. The van der Waals surface area contributed by atoms with Crippen molar-refractivity contribution in [3.8, 4) is 5.75 Å². The first-order valence-electron chi connectivity index (χ1n) is 10.6. The lowest BCUT2D eigenvalue weighted by atomic mass is 9.85. The molecule has 1 aromatic carbocycles. The molecule has 3 atom stereocenters. The summed E-state index contributed by atoms with van der Waals surface area (Å²) in [5.41, 5.74) is 0.712. The summed E-state index contributed by atoms with van der Waals surface area (Å²) < 4.78 is 47.3. The van der Waals surface area contributed by atoms with Crippen molar-refractivity contribution in [1.82, 2.24) is 14.7 Å². The number of nitrogens with one attached hydrogen (secondary N) is 1. The number of piperidine rings is 1. The van der Waals surface area contributed by atoms with Crippen LogP contribution in [0.4, 0.5) is 19.0 Å². The van der Waals surface area contributed by atoms with Gasteiger partial charge in [-0.2, -0.15) is 5.10 Å². The molecule has 168 valence electrons. The monoisotopic (exact) mass is 436 g/mol. The van der Waals surface area contributed by atoms with Crippen LogP contribution in [-0.2, 0) is 4.79 Å². The molecule has 3 heterocycles. The number of aryl methyl sites for hydroxylation is 1. The van der Waals surface area contributed by atoms with Crippen molar-refractivity contribution in [2.24, 2.45) is 5.92 Å². The van der Waals surface area contributed by atoms with E-state index in [1.807, 2.05) is 0 Å². The number of carbonyl (C=O) groups excluding carboxylic acids is 1. The molecule has 6 nitrogen and oxygen atoms in total. The number of aromatic nitrogens is 2. The number of amides is 1. The summed E-state index contributed by atoms with van der Waals surface area (Å²) in [6.45, 7) is 4.58. The molecule has 9 heteroatoms. The van der Waals surface area contributed by atoms with E-state index in [0.29, 0.717) is 36.8 Å². The first-order chi connectivity index (χ1) is 14.8. The van der Waals surface area contributed by atoms with Gasteiger partial charge in [0, 0.05) is 25.2 Å². The Morgan fingerprint density at radius 2 is 1.90 bits per heavy atom. The van der Waals surface area contributed by atoms with E-state index < -0.39 is 18.6 Å². The molecule has 0 radical (unpaired) electrons. The van der Waals surface area contributed by atoms with Crippen LogP contribution in [0.1, 0.15) is 37.9 Å². The van der Waals surface area contributed by atoms with E-state index in [2.05, 4.69) is 10.4 Å². The highest BCUT2D eigenvalue weighted by Gasteiger charge is 2.38. The van der Waals surface area contributed by atoms with Gasteiger partial charge in [-0.05, 0) is 63.3 Å². The summed E-state index contributed by atoms with van der Waals surface area (Å²) in [4.78, 5) is 14.5. The van der Waals surface area contributed by atoms with Crippen LogP contribution < -0.4 is 10.1 Å². The van der Waals surface area contributed by atoms with Gasteiger partial charge >= 0.3 is 0 Å². The van der Waals surface area contributed by atoms with Crippen molar-refractivity contribution in [1.29, 1.82) is 0 Å². The molecule has 2 aliphatic rings. The minimum absolute atomic E-state index is 0.0762.